The first kappa shape index (κ1) is 14.9. The van der Waals surface area contributed by atoms with Gasteiger partial charge in [0.2, 0.25) is 0 Å². The molecule has 2 unspecified atom stereocenters. The van der Waals surface area contributed by atoms with Gasteiger partial charge in [-0.15, -0.1) is 0 Å². The van der Waals surface area contributed by atoms with E-state index < -0.39 is 24.4 Å². The first-order chi connectivity index (χ1) is 9.27. The summed E-state index contributed by atoms with van der Waals surface area (Å²) in [4.78, 5) is 0. The number of alkyl halides is 3. The Hall–Kier alpha value is -1.47. The van der Waals surface area contributed by atoms with Crippen molar-refractivity contribution in [2.24, 2.45) is 0 Å². The predicted octanol–water partition coefficient (Wildman–Crippen LogP) is 1.83. The number of hydrogen-bond acceptors (Lipinski definition) is 4. The molecule has 2 aliphatic rings. The molecule has 0 aromatic rings. The van der Waals surface area contributed by atoms with Crippen LogP contribution in [-0.4, -0.2) is 23.8 Å². The lowest BCUT2D eigenvalue weighted by Crippen LogP contribution is -2.61. The Bertz CT molecular complexity index is 480. The summed E-state index contributed by atoms with van der Waals surface area (Å²) in [7, 11) is 0. The maximum atomic E-state index is 12.9. The standard InChI is InChI=1S/C13H18F3N3O/c1-7-3-5-9(6-4-7)17-12-18-10(13(14,15)16)8(2)11(20)19-12/h3,5,11-12,17-20H,4,6H2,1-2H3. The Morgan fingerprint density at radius 3 is 2.50 bits per heavy atom. The van der Waals surface area contributed by atoms with Crippen LogP contribution in [0.3, 0.4) is 0 Å². The van der Waals surface area contributed by atoms with E-state index in [1.165, 1.54) is 12.5 Å². The van der Waals surface area contributed by atoms with Crippen LogP contribution in [0.2, 0.25) is 0 Å². The molecule has 0 saturated heterocycles. The SMILES string of the molecule is CC1=CC=C(NC2NC(C(F)(F)F)=C(C)C(O)N2)CC1. The third-order valence-electron chi connectivity index (χ3n) is 3.39. The molecule has 0 spiro atoms. The molecule has 20 heavy (non-hydrogen) atoms. The molecule has 0 aromatic heterocycles. The summed E-state index contributed by atoms with van der Waals surface area (Å²) < 4.78 is 38.6. The maximum absolute atomic E-state index is 12.9. The molecule has 0 radical (unpaired) electrons. The number of aliphatic hydroxyl groups excluding tert-OH is 1. The van der Waals surface area contributed by atoms with Crippen molar-refractivity contribution >= 4 is 0 Å². The van der Waals surface area contributed by atoms with E-state index in [0.29, 0.717) is 0 Å². The van der Waals surface area contributed by atoms with Crippen molar-refractivity contribution in [2.75, 3.05) is 0 Å². The van der Waals surface area contributed by atoms with Crippen LogP contribution in [0, 0.1) is 0 Å². The summed E-state index contributed by atoms with van der Waals surface area (Å²) in [6.45, 7) is 3.25. The topological polar surface area (TPSA) is 56.3 Å². The smallest absolute Gasteiger partial charge is 0.374 e. The summed E-state index contributed by atoms with van der Waals surface area (Å²) in [5.41, 5.74) is 0.994. The van der Waals surface area contributed by atoms with E-state index in [0.717, 1.165) is 18.5 Å². The first-order valence-corrected chi connectivity index (χ1v) is 6.39. The molecule has 2 rings (SSSR count). The van der Waals surface area contributed by atoms with Crippen molar-refractivity contribution < 1.29 is 18.3 Å². The van der Waals surface area contributed by atoms with Crippen molar-refractivity contribution in [3.05, 3.63) is 34.7 Å². The lowest BCUT2D eigenvalue weighted by molar-refractivity contribution is -0.104. The van der Waals surface area contributed by atoms with Crippen molar-refractivity contribution in [1.29, 1.82) is 0 Å². The second-order valence-corrected chi connectivity index (χ2v) is 5.05. The fourth-order valence-electron chi connectivity index (χ4n) is 2.15. The number of nitrogens with one attached hydrogen (secondary N) is 3. The number of hydrogen-bond donors (Lipinski definition) is 4. The summed E-state index contributed by atoms with van der Waals surface area (Å²) in [6, 6.07) is 0. The van der Waals surface area contributed by atoms with E-state index in [-0.39, 0.29) is 5.57 Å². The second-order valence-electron chi connectivity index (χ2n) is 5.05. The average molecular weight is 289 g/mol. The zero-order valence-electron chi connectivity index (χ0n) is 11.3. The van der Waals surface area contributed by atoms with Crippen LogP contribution >= 0.6 is 0 Å². The normalized spacial score (nSPS) is 27.7. The molecule has 0 fully saturated rings. The Morgan fingerprint density at radius 1 is 1.25 bits per heavy atom. The largest absolute Gasteiger partial charge is 0.431 e. The lowest BCUT2D eigenvalue weighted by Gasteiger charge is -2.35. The summed E-state index contributed by atoms with van der Waals surface area (Å²) in [5, 5.41) is 17.6. The molecular weight excluding hydrogens is 271 g/mol. The molecule has 1 heterocycles. The van der Waals surface area contributed by atoms with Gasteiger partial charge in [-0.3, -0.25) is 5.32 Å². The molecule has 7 heteroatoms. The summed E-state index contributed by atoms with van der Waals surface area (Å²) in [5.74, 6) is 0. The molecule has 4 nitrogen and oxygen atoms in total. The molecule has 0 amide bonds. The van der Waals surface area contributed by atoms with Crippen LogP contribution in [-0.2, 0) is 0 Å². The number of allylic oxidation sites excluding steroid dienone is 5. The molecule has 4 N–H and O–H groups in total. The molecule has 1 aliphatic carbocycles. The molecular formula is C13H18F3N3O. The highest BCUT2D eigenvalue weighted by Gasteiger charge is 2.40. The zero-order valence-corrected chi connectivity index (χ0v) is 11.3. The van der Waals surface area contributed by atoms with Gasteiger partial charge in [0.1, 0.15) is 11.9 Å². The minimum atomic E-state index is -4.51. The van der Waals surface area contributed by atoms with Crippen molar-refractivity contribution in [2.45, 2.75) is 45.4 Å². The van der Waals surface area contributed by atoms with Gasteiger partial charge >= 0.3 is 6.18 Å². The van der Waals surface area contributed by atoms with Gasteiger partial charge < -0.3 is 15.7 Å². The van der Waals surface area contributed by atoms with Gasteiger partial charge in [-0.25, -0.2) is 0 Å². The lowest BCUT2D eigenvalue weighted by atomic mass is 10.0. The van der Waals surface area contributed by atoms with Gasteiger partial charge in [0.05, 0.1) is 0 Å². The molecule has 2 atom stereocenters. The highest BCUT2D eigenvalue weighted by atomic mass is 19.4. The van der Waals surface area contributed by atoms with Crippen LogP contribution in [0.1, 0.15) is 26.7 Å². The first-order valence-electron chi connectivity index (χ1n) is 6.39. The van der Waals surface area contributed by atoms with E-state index in [1.807, 2.05) is 19.1 Å². The third-order valence-corrected chi connectivity index (χ3v) is 3.39. The molecule has 1 aliphatic heterocycles. The van der Waals surface area contributed by atoms with Gasteiger partial charge in [-0.1, -0.05) is 11.6 Å². The van der Waals surface area contributed by atoms with Crippen molar-refractivity contribution in [1.82, 2.24) is 16.0 Å². The second kappa shape index (κ2) is 5.49. The minimum Gasteiger partial charge on any atom is -0.374 e. The van der Waals surface area contributed by atoms with Gasteiger partial charge in [0.15, 0.2) is 6.29 Å². The molecule has 112 valence electrons. The molecule has 0 saturated carbocycles. The van der Waals surface area contributed by atoms with Crippen LogP contribution in [0.15, 0.2) is 34.7 Å². The highest BCUT2D eigenvalue weighted by Crippen LogP contribution is 2.29. The average Bonchev–Trinajstić information content (AvgIpc) is 2.35. The minimum absolute atomic E-state index is 0.163. The summed E-state index contributed by atoms with van der Waals surface area (Å²) >= 11 is 0. The Morgan fingerprint density at radius 2 is 1.95 bits per heavy atom. The van der Waals surface area contributed by atoms with Crippen LogP contribution in [0.4, 0.5) is 13.2 Å². The van der Waals surface area contributed by atoms with Gasteiger partial charge in [0, 0.05) is 5.70 Å². The zero-order chi connectivity index (χ0) is 14.9. The van der Waals surface area contributed by atoms with Crippen LogP contribution in [0.25, 0.3) is 0 Å². The Balaban J connectivity index is 2.09. The van der Waals surface area contributed by atoms with E-state index in [1.54, 1.807) is 0 Å². The van der Waals surface area contributed by atoms with Crippen molar-refractivity contribution in [3.8, 4) is 0 Å². The van der Waals surface area contributed by atoms with Crippen LogP contribution in [0.5, 0.6) is 0 Å². The molecule has 0 bridgehead atoms. The van der Waals surface area contributed by atoms with E-state index in [2.05, 4.69) is 16.0 Å². The van der Waals surface area contributed by atoms with Gasteiger partial charge in [0.25, 0.3) is 0 Å². The highest BCUT2D eigenvalue weighted by molar-refractivity contribution is 5.25. The quantitative estimate of drug-likeness (QED) is 0.626. The number of rotatable bonds is 2. The number of halogens is 3. The van der Waals surface area contributed by atoms with Gasteiger partial charge in [-0.2, -0.15) is 13.2 Å². The summed E-state index contributed by atoms with van der Waals surface area (Å²) in [6.07, 6.45) is -1.32. The fourth-order valence-corrected chi connectivity index (χ4v) is 2.15. The van der Waals surface area contributed by atoms with E-state index in [9.17, 15) is 18.3 Å². The monoisotopic (exact) mass is 289 g/mol. The van der Waals surface area contributed by atoms with Gasteiger partial charge in [-0.05, 0) is 38.3 Å². The Kier molecular flexibility index (Phi) is 4.10. The third kappa shape index (κ3) is 3.34. The number of aliphatic hydroxyl groups is 1. The van der Waals surface area contributed by atoms with Crippen LogP contribution < -0.4 is 16.0 Å². The maximum Gasteiger partial charge on any atom is 0.431 e. The molecule has 0 aromatic carbocycles. The van der Waals surface area contributed by atoms with E-state index in [4.69, 9.17) is 0 Å². The van der Waals surface area contributed by atoms with Crippen molar-refractivity contribution in [3.63, 3.8) is 0 Å². The Labute approximate surface area is 115 Å². The van der Waals surface area contributed by atoms with E-state index >= 15 is 0 Å². The fraction of sp³-hybridized carbons (Fsp3) is 0.538. The predicted molar refractivity (Wildman–Crippen MR) is 69.0 cm³/mol.